The molecule has 0 saturated heterocycles. The van der Waals surface area contributed by atoms with Gasteiger partial charge in [0.2, 0.25) is 0 Å². The zero-order valence-corrected chi connectivity index (χ0v) is 15.5. The number of hydrogen-bond donors (Lipinski definition) is 1. The normalized spacial score (nSPS) is 27.1. The third-order valence-electron chi connectivity index (χ3n) is 5.04. The van der Waals surface area contributed by atoms with E-state index in [-0.39, 0.29) is 54.9 Å². The van der Waals surface area contributed by atoms with Crippen LogP contribution in [0.15, 0.2) is 23.5 Å². The molecule has 0 aromatic heterocycles. The third-order valence-corrected chi connectivity index (χ3v) is 5.04. The summed E-state index contributed by atoms with van der Waals surface area (Å²) in [7, 11) is 0. The van der Waals surface area contributed by atoms with E-state index in [0.717, 1.165) is 0 Å². The summed E-state index contributed by atoms with van der Waals surface area (Å²) in [6.45, 7) is 4.73. The number of Topliss-reactive ketones (excluding diaryl/α,β-unsaturated/α-hetero) is 3. The fraction of sp³-hybridized carbons (Fsp3) is 0.600. The van der Waals surface area contributed by atoms with Gasteiger partial charge in [-0.1, -0.05) is 6.92 Å². The van der Waals surface area contributed by atoms with Gasteiger partial charge in [0.05, 0.1) is 25.9 Å². The van der Waals surface area contributed by atoms with Gasteiger partial charge in [-0.2, -0.15) is 0 Å². The van der Waals surface area contributed by atoms with Crippen LogP contribution in [0.2, 0.25) is 0 Å². The van der Waals surface area contributed by atoms with Crippen molar-refractivity contribution in [1.82, 2.24) is 0 Å². The number of aliphatic hydroxyl groups is 1. The highest BCUT2D eigenvalue weighted by molar-refractivity contribution is 6.04. The van der Waals surface area contributed by atoms with E-state index in [2.05, 4.69) is 0 Å². The Labute approximate surface area is 153 Å². The highest BCUT2D eigenvalue weighted by Gasteiger charge is 2.61. The molecule has 2 aliphatic rings. The monoisotopic (exact) mass is 362 g/mol. The van der Waals surface area contributed by atoms with Gasteiger partial charge in [0.1, 0.15) is 29.2 Å². The summed E-state index contributed by atoms with van der Waals surface area (Å²) in [5.74, 6) is -0.251. The molecule has 0 radical (unpaired) electrons. The van der Waals surface area contributed by atoms with Gasteiger partial charge < -0.3 is 9.84 Å². The molecule has 2 rings (SSSR count). The molecule has 6 heteroatoms. The maximum atomic E-state index is 12.0. The lowest BCUT2D eigenvalue weighted by Crippen LogP contribution is -2.34. The van der Waals surface area contributed by atoms with Gasteiger partial charge >= 0.3 is 0 Å². The molecule has 1 aliphatic carbocycles. The SMILES string of the molecule is CCC(=O)CC(=O)/C=C(\C)C1OC(CC(=O)CC(C)=O)=CC2CC21CO. The van der Waals surface area contributed by atoms with Crippen molar-refractivity contribution in [3.8, 4) is 0 Å². The van der Waals surface area contributed by atoms with Crippen LogP contribution in [0, 0.1) is 11.3 Å². The molecular weight excluding hydrogens is 336 g/mol. The van der Waals surface area contributed by atoms with Crippen LogP contribution in [0.1, 0.15) is 52.9 Å². The van der Waals surface area contributed by atoms with Crippen LogP contribution in [0.3, 0.4) is 0 Å². The number of aliphatic hydroxyl groups excluding tert-OH is 1. The molecule has 1 fully saturated rings. The van der Waals surface area contributed by atoms with E-state index in [4.69, 9.17) is 4.74 Å². The topological polar surface area (TPSA) is 97.7 Å². The second kappa shape index (κ2) is 8.08. The average Bonchev–Trinajstić information content (AvgIpc) is 3.27. The Morgan fingerprint density at radius 1 is 1.23 bits per heavy atom. The molecule has 0 bridgehead atoms. The first-order valence-corrected chi connectivity index (χ1v) is 8.94. The molecule has 1 saturated carbocycles. The minimum absolute atomic E-state index is 0.0314. The molecule has 26 heavy (non-hydrogen) atoms. The van der Waals surface area contributed by atoms with Crippen molar-refractivity contribution in [2.24, 2.45) is 11.3 Å². The molecular formula is C20H26O6. The van der Waals surface area contributed by atoms with Crippen molar-refractivity contribution >= 4 is 23.1 Å². The molecule has 6 nitrogen and oxygen atoms in total. The first kappa shape index (κ1) is 20.2. The van der Waals surface area contributed by atoms with E-state index in [9.17, 15) is 24.3 Å². The van der Waals surface area contributed by atoms with Crippen LogP contribution in [-0.2, 0) is 23.9 Å². The number of hydrogen-bond acceptors (Lipinski definition) is 6. The smallest absolute Gasteiger partial charge is 0.163 e. The first-order chi connectivity index (χ1) is 12.2. The van der Waals surface area contributed by atoms with Gasteiger partial charge in [-0.15, -0.1) is 0 Å². The van der Waals surface area contributed by atoms with E-state index >= 15 is 0 Å². The van der Waals surface area contributed by atoms with Crippen LogP contribution >= 0.6 is 0 Å². The van der Waals surface area contributed by atoms with Crippen LogP contribution in [0.4, 0.5) is 0 Å². The van der Waals surface area contributed by atoms with Crippen LogP contribution in [0.25, 0.3) is 0 Å². The molecule has 3 atom stereocenters. The zero-order valence-electron chi connectivity index (χ0n) is 15.5. The van der Waals surface area contributed by atoms with Gasteiger partial charge in [0, 0.05) is 11.8 Å². The van der Waals surface area contributed by atoms with E-state index in [1.54, 1.807) is 13.8 Å². The van der Waals surface area contributed by atoms with Crippen molar-refractivity contribution in [1.29, 1.82) is 0 Å². The largest absolute Gasteiger partial charge is 0.490 e. The van der Waals surface area contributed by atoms with Crippen molar-refractivity contribution in [2.75, 3.05) is 6.61 Å². The Kier molecular flexibility index (Phi) is 6.29. The number of ketones is 4. The number of carbonyl (C=O) groups excluding carboxylic acids is 4. The van der Waals surface area contributed by atoms with Crippen molar-refractivity contribution in [3.63, 3.8) is 0 Å². The van der Waals surface area contributed by atoms with Gasteiger partial charge in [-0.25, -0.2) is 0 Å². The molecule has 0 aromatic carbocycles. The molecule has 1 aliphatic heterocycles. The predicted molar refractivity (Wildman–Crippen MR) is 94.2 cm³/mol. The van der Waals surface area contributed by atoms with Gasteiger partial charge in [0.15, 0.2) is 5.78 Å². The van der Waals surface area contributed by atoms with E-state index < -0.39 is 11.5 Å². The maximum Gasteiger partial charge on any atom is 0.163 e. The zero-order chi connectivity index (χ0) is 19.5. The van der Waals surface area contributed by atoms with Crippen molar-refractivity contribution in [3.05, 3.63) is 23.5 Å². The summed E-state index contributed by atoms with van der Waals surface area (Å²) in [6.07, 6.45) is 3.53. The highest BCUT2D eigenvalue weighted by Crippen LogP contribution is 2.61. The number of carbonyl (C=O) groups is 4. The minimum Gasteiger partial charge on any atom is -0.490 e. The third kappa shape index (κ3) is 4.55. The first-order valence-electron chi connectivity index (χ1n) is 8.94. The van der Waals surface area contributed by atoms with Gasteiger partial charge in [0.25, 0.3) is 0 Å². The lowest BCUT2D eigenvalue weighted by molar-refractivity contribution is -0.127. The minimum atomic E-state index is -0.511. The van der Waals surface area contributed by atoms with E-state index in [1.807, 2.05) is 6.08 Å². The Morgan fingerprint density at radius 2 is 1.92 bits per heavy atom. The second-order valence-electron chi connectivity index (χ2n) is 7.35. The van der Waals surface area contributed by atoms with Crippen LogP contribution in [-0.4, -0.2) is 41.0 Å². The Bertz CT molecular complexity index is 686. The predicted octanol–water partition coefficient (Wildman–Crippen LogP) is 2.09. The van der Waals surface area contributed by atoms with Crippen molar-refractivity contribution in [2.45, 2.75) is 59.0 Å². The summed E-state index contributed by atoms with van der Waals surface area (Å²) in [5.41, 5.74) is 0.169. The van der Waals surface area contributed by atoms with Crippen molar-refractivity contribution < 1.29 is 29.0 Å². The molecule has 0 spiro atoms. The highest BCUT2D eigenvalue weighted by atomic mass is 16.5. The van der Waals surface area contributed by atoms with Crippen LogP contribution in [0.5, 0.6) is 0 Å². The summed E-state index contributed by atoms with van der Waals surface area (Å²) >= 11 is 0. The Balaban J connectivity index is 2.13. The summed E-state index contributed by atoms with van der Waals surface area (Å²) in [6, 6.07) is 0. The quantitative estimate of drug-likeness (QED) is 0.472. The molecule has 142 valence electrons. The van der Waals surface area contributed by atoms with Gasteiger partial charge in [-0.05, 0) is 43.9 Å². The molecule has 3 unspecified atom stereocenters. The summed E-state index contributed by atoms with van der Waals surface area (Å²) < 4.78 is 5.94. The molecule has 1 heterocycles. The number of rotatable bonds is 10. The standard InChI is InChI=1S/C20H26O6/c1-4-15(23)8-16(24)5-12(2)19-20(11-21)10-14(20)7-18(26-19)9-17(25)6-13(3)22/h5,7,14,19,21H,4,6,8-11H2,1-3H3/b12-5+. The Morgan fingerprint density at radius 3 is 2.50 bits per heavy atom. The maximum absolute atomic E-state index is 12.0. The fourth-order valence-electron chi connectivity index (χ4n) is 3.56. The van der Waals surface area contributed by atoms with Crippen LogP contribution < -0.4 is 0 Å². The summed E-state index contributed by atoms with van der Waals surface area (Å²) in [5, 5.41) is 9.83. The average molecular weight is 362 g/mol. The molecule has 0 amide bonds. The van der Waals surface area contributed by atoms with E-state index in [1.165, 1.54) is 13.0 Å². The number of ether oxygens (including phenoxy) is 1. The molecule has 1 N–H and O–H groups in total. The summed E-state index contributed by atoms with van der Waals surface area (Å²) in [4.78, 5) is 46.5. The number of allylic oxidation sites excluding steroid dienone is 3. The van der Waals surface area contributed by atoms with E-state index in [0.29, 0.717) is 24.2 Å². The Hall–Kier alpha value is -2.08. The number of fused-ring (bicyclic) bond motifs is 1. The van der Waals surface area contributed by atoms with Gasteiger partial charge in [-0.3, -0.25) is 19.2 Å². The lowest BCUT2D eigenvalue weighted by Gasteiger charge is -2.32. The molecule has 0 aromatic rings. The fourth-order valence-corrected chi connectivity index (χ4v) is 3.56. The second-order valence-corrected chi connectivity index (χ2v) is 7.35. The lowest BCUT2D eigenvalue weighted by atomic mass is 9.88.